The van der Waals surface area contributed by atoms with Crippen molar-refractivity contribution in [2.45, 2.75) is 12.5 Å². The molecule has 0 atom stereocenters. The number of anilines is 1. The molecule has 0 unspecified atom stereocenters. The topological polar surface area (TPSA) is 71.4 Å². The van der Waals surface area contributed by atoms with Gasteiger partial charge in [0.25, 0.3) is 0 Å². The number of ether oxygens (including phenoxy) is 2. The molecule has 1 saturated heterocycles. The highest BCUT2D eigenvalue weighted by atomic mass is 16.6. The highest BCUT2D eigenvalue weighted by Gasteiger charge is 2.19. The van der Waals surface area contributed by atoms with Gasteiger partial charge in [-0.05, 0) is 24.3 Å². The van der Waals surface area contributed by atoms with E-state index >= 15 is 0 Å². The lowest BCUT2D eigenvalue weighted by atomic mass is 10.2. The minimum atomic E-state index is -0.312. The highest BCUT2D eigenvalue weighted by Crippen LogP contribution is 2.19. The molecule has 0 aliphatic carbocycles. The van der Waals surface area contributed by atoms with Gasteiger partial charge in [-0.15, -0.1) is 0 Å². The van der Waals surface area contributed by atoms with Crippen LogP contribution in [-0.2, 0) is 9.53 Å². The summed E-state index contributed by atoms with van der Waals surface area (Å²) in [5, 5.41) is 11.0. The molecular weight excluding hydrogens is 220 g/mol. The second kappa shape index (κ2) is 5.32. The first kappa shape index (κ1) is 11.4. The Morgan fingerprint density at radius 1 is 1.47 bits per heavy atom. The van der Waals surface area contributed by atoms with Crippen LogP contribution in [0.25, 0.3) is 0 Å². The average Bonchev–Trinajstić information content (AvgIpc) is 2.26. The summed E-state index contributed by atoms with van der Waals surface area (Å²) in [6.45, 7) is 1.25. The average molecular weight is 232 g/mol. The number of carbonyl (C=O) groups is 1. The van der Waals surface area contributed by atoms with Crippen molar-refractivity contribution in [1.82, 2.24) is 0 Å². The SMILES string of the molecule is N#CCC(=O)Nc1ccc(OC2COC2)cc1. The van der Waals surface area contributed by atoms with E-state index in [1.54, 1.807) is 30.3 Å². The zero-order valence-electron chi connectivity index (χ0n) is 9.18. The van der Waals surface area contributed by atoms with Crippen molar-refractivity contribution in [1.29, 1.82) is 5.26 Å². The number of hydrogen-bond donors (Lipinski definition) is 1. The van der Waals surface area contributed by atoms with Crippen molar-refractivity contribution in [3.05, 3.63) is 24.3 Å². The van der Waals surface area contributed by atoms with Crippen LogP contribution in [0.1, 0.15) is 6.42 Å². The Labute approximate surface area is 98.9 Å². The molecule has 2 rings (SSSR count). The van der Waals surface area contributed by atoms with Crippen LogP contribution in [0.3, 0.4) is 0 Å². The number of nitrogens with one attached hydrogen (secondary N) is 1. The number of benzene rings is 1. The predicted molar refractivity (Wildman–Crippen MR) is 60.5 cm³/mol. The largest absolute Gasteiger partial charge is 0.486 e. The number of carbonyl (C=O) groups excluding carboxylic acids is 1. The first-order valence-corrected chi connectivity index (χ1v) is 5.29. The molecule has 1 N–H and O–H groups in total. The van der Waals surface area contributed by atoms with Crippen LogP contribution < -0.4 is 10.1 Å². The van der Waals surface area contributed by atoms with Crippen molar-refractivity contribution in [2.24, 2.45) is 0 Å². The molecule has 5 heteroatoms. The van der Waals surface area contributed by atoms with Gasteiger partial charge in [-0.2, -0.15) is 5.26 Å². The van der Waals surface area contributed by atoms with Gasteiger partial charge in [0, 0.05) is 5.69 Å². The first-order valence-electron chi connectivity index (χ1n) is 5.29. The number of amides is 1. The lowest BCUT2D eigenvalue weighted by Gasteiger charge is -2.26. The molecular formula is C12H12N2O3. The van der Waals surface area contributed by atoms with E-state index in [1.807, 2.05) is 0 Å². The maximum Gasteiger partial charge on any atom is 0.238 e. The van der Waals surface area contributed by atoms with Gasteiger partial charge in [0.15, 0.2) is 0 Å². The maximum atomic E-state index is 11.1. The molecule has 1 aromatic carbocycles. The summed E-state index contributed by atoms with van der Waals surface area (Å²) in [6, 6.07) is 8.83. The number of nitrogens with zero attached hydrogens (tertiary/aromatic N) is 1. The van der Waals surface area contributed by atoms with Crippen LogP contribution in [0.2, 0.25) is 0 Å². The second-order valence-electron chi connectivity index (χ2n) is 3.68. The zero-order valence-corrected chi connectivity index (χ0v) is 9.18. The Hall–Kier alpha value is -2.06. The van der Waals surface area contributed by atoms with E-state index in [4.69, 9.17) is 14.7 Å². The quantitative estimate of drug-likeness (QED) is 0.849. The monoisotopic (exact) mass is 232 g/mol. The summed E-state index contributed by atoms with van der Waals surface area (Å²) in [5.74, 6) is 0.435. The third-order valence-electron chi connectivity index (χ3n) is 2.29. The molecule has 1 fully saturated rings. The third-order valence-corrected chi connectivity index (χ3v) is 2.29. The molecule has 0 saturated carbocycles. The molecule has 1 amide bonds. The Balaban J connectivity index is 1.88. The van der Waals surface area contributed by atoms with E-state index in [9.17, 15) is 4.79 Å². The molecule has 5 nitrogen and oxygen atoms in total. The van der Waals surface area contributed by atoms with E-state index in [-0.39, 0.29) is 18.4 Å². The number of nitriles is 1. The van der Waals surface area contributed by atoms with Crippen molar-refractivity contribution >= 4 is 11.6 Å². The van der Waals surface area contributed by atoms with Gasteiger partial charge in [0.1, 0.15) is 18.3 Å². The van der Waals surface area contributed by atoms with E-state index in [1.165, 1.54) is 0 Å². The number of hydrogen-bond acceptors (Lipinski definition) is 4. The summed E-state index contributed by atoms with van der Waals surface area (Å²) in [5.41, 5.74) is 0.655. The minimum absolute atomic E-state index is 0.133. The van der Waals surface area contributed by atoms with Crippen LogP contribution in [0.5, 0.6) is 5.75 Å². The lowest BCUT2D eigenvalue weighted by Crippen LogP contribution is -2.38. The van der Waals surface area contributed by atoms with E-state index < -0.39 is 0 Å². The fraction of sp³-hybridized carbons (Fsp3) is 0.333. The van der Waals surface area contributed by atoms with Crippen molar-refractivity contribution in [2.75, 3.05) is 18.5 Å². The predicted octanol–water partition coefficient (Wildman–Crippen LogP) is 1.32. The van der Waals surface area contributed by atoms with E-state index in [0.717, 1.165) is 5.75 Å². The van der Waals surface area contributed by atoms with Gasteiger partial charge < -0.3 is 14.8 Å². The summed E-state index contributed by atoms with van der Waals surface area (Å²) >= 11 is 0. The first-order chi connectivity index (χ1) is 8.28. The van der Waals surface area contributed by atoms with Crippen LogP contribution in [0.15, 0.2) is 24.3 Å². The summed E-state index contributed by atoms with van der Waals surface area (Å²) < 4.78 is 10.6. The molecule has 0 bridgehead atoms. The van der Waals surface area contributed by atoms with Gasteiger partial charge in [0.05, 0.1) is 19.3 Å². The van der Waals surface area contributed by atoms with Crippen molar-refractivity contribution < 1.29 is 14.3 Å². The van der Waals surface area contributed by atoms with E-state index in [2.05, 4.69) is 5.32 Å². The molecule has 1 aliphatic heterocycles. The molecule has 1 aromatic rings. The van der Waals surface area contributed by atoms with Crippen LogP contribution in [-0.4, -0.2) is 25.2 Å². The van der Waals surface area contributed by atoms with Crippen LogP contribution >= 0.6 is 0 Å². The van der Waals surface area contributed by atoms with Crippen LogP contribution in [0.4, 0.5) is 5.69 Å². The zero-order chi connectivity index (χ0) is 12.1. The Morgan fingerprint density at radius 2 is 2.18 bits per heavy atom. The fourth-order valence-corrected chi connectivity index (χ4v) is 1.37. The van der Waals surface area contributed by atoms with Gasteiger partial charge in [-0.3, -0.25) is 4.79 Å². The van der Waals surface area contributed by atoms with Gasteiger partial charge in [-0.1, -0.05) is 0 Å². The fourth-order valence-electron chi connectivity index (χ4n) is 1.37. The number of rotatable bonds is 4. The van der Waals surface area contributed by atoms with Crippen LogP contribution in [0, 0.1) is 11.3 Å². The highest BCUT2D eigenvalue weighted by molar-refractivity contribution is 5.92. The summed E-state index contributed by atoms with van der Waals surface area (Å²) in [4.78, 5) is 11.1. The normalized spacial score (nSPS) is 14.5. The second-order valence-corrected chi connectivity index (χ2v) is 3.68. The molecule has 17 heavy (non-hydrogen) atoms. The molecule has 88 valence electrons. The van der Waals surface area contributed by atoms with Gasteiger partial charge in [-0.25, -0.2) is 0 Å². The van der Waals surface area contributed by atoms with Crippen molar-refractivity contribution in [3.8, 4) is 11.8 Å². The van der Waals surface area contributed by atoms with Crippen molar-refractivity contribution in [3.63, 3.8) is 0 Å². The maximum absolute atomic E-state index is 11.1. The minimum Gasteiger partial charge on any atom is -0.486 e. The summed E-state index contributed by atoms with van der Waals surface area (Å²) in [6.07, 6.45) is -0.00784. The lowest BCUT2D eigenvalue weighted by molar-refractivity contribution is -0.115. The van der Waals surface area contributed by atoms with E-state index in [0.29, 0.717) is 18.9 Å². The Bertz CT molecular complexity index is 432. The van der Waals surface area contributed by atoms with Gasteiger partial charge in [0.2, 0.25) is 5.91 Å². The molecule has 0 spiro atoms. The molecule has 0 aromatic heterocycles. The Morgan fingerprint density at radius 3 is 2.71 bits per heavy atom. The van der Waals surface area contributed by atoms with Gasteiger partial charge >= 0.3 is 0 Å². The molecule has 1 heterocycles. The smallest absolute Gasteiger partial charge is 0.238 e. The Kier molecular flexibility index (Phi) is 3.58. The standard InChI is InChI=1S/C12H12N2O3/c13-6-5-12(15)14-9-1-3-10(4-2-9)17-11-7-16-8-11/h1-4,11H,5,7-8H2,(H,14,15). The molecule has 1 aliphatic rings. The molecule has 0 radical (unpaired) electrons. The summed E-state index contributed by atoms with van der Waals surface area (Å²) in [7, 11) is 0. The third kappa shape index (κ3) is 3.20.